The van der Waals surface area contributed by atoms with Crippen LogP contribution in [0.3, 0.4) is 0 Å². The molecular formula is C16H25N3. The molecular weight excluding hydrogens is 234 g/mol. The van der Waals surface area contributed by atoms with Gasteiger partial charge in [-0.25, -0.2) is 0 Å². The maximum Gasteiger partial charge on any atom is 0.0572 e. The molecule has 3 nitrogen and oxygen atoms in total. The molecule has 0 aliphatic carbocycles. The molecule has 0 aromatic carbocycles. The van der Waals surface area contributed by atoms with Crippen molar-refractivity contribution in [3.63, 3.8) is 0 Å². The van der Waals surface area contributed by atoms with Gasteiger partial charge < -0.3 is 10.2 Å². The first-order chi connectivity index (χ1) is 9.20. The van der Waals surface area contributed by atoms with Crippen LogP contribution in [0.15, 0.2) is 30.0 Å². The lowest BCUT2D eigenvalue weighted by molar-refractivity contribution is 0.558. The van der Waals surface area contributed by atoms with E-state index in [4.69, 9.17) is 0 Å². The summed E-state index contributed by atoms with van der Waals surface area (Å²) in [5, 5.41) is 3.47. The third-order valence-electron chi connectivity index (χ3n) is 3.61. The summed E-state index contributed by atoms with van der Waals surface area (Å²) in [5.74, 6) is 0. The maximum atomic E-state index is 4.61. The van der Waals surface area contributed by atoms with E-state index in [1.165, 1.54) is 11.3 Å². The molecule has 0 saturated carbocycles. The highest BCUT2D eigenvalue weighted by Crippen LogP contribution is 2.20. The highest BCUT2D eigenvalue weighted by Gasteiger charge is 2.12. The summed E-state index contributed by atoms with van der Waals surface area (Å²) < 4.78 is 0. The fraction of sp³-hybridized carbons (Fsp3) is 0.562. The van der Waals surface area contributed by atoms with E-state index in [0.29, 0.717) is 6.04 Å². The van der Waals surface area contributed by atoms with Crippen molar-refractivity contribution in [2.45, 2.75) is 39.7 Å². The maximum absolute atomic E-state index is 4.61. The van der Waals surface area contributed by atoms with Crippen molar-refractivity contribution in [2.75, 3.05) is 24.5 Å². The Morgan fingerprint density at radius 2 is 2.26 bits per heavy atom. The van der Waals surface area contributed by atoms with E-state index in [9.17, 15) is 0 Å². The fourth-order valence-corrected chi connectivity index (χ4v) is 2.44. The number of pyridine rings is 1. The van der Waals surface area contributed by atoms with Crippen LogP contribution in [-0.2, 0) is 0 Å². The minimum atomic E-state index is 0.331. The zero-order valence-corrected chi connectivity index (χ0v) is 12.3. The van der Waals surface area contributed by atoms with Gasteiger partial charge in [0.1, 0.15) is 0 Å². The summed E-state index contributed by atoms with van der Waals surface area (Å²) >= 11 is 0. The van der Waals surface area contributed by atoms with Crippen LogP contribution in [0.4, 0.5) is 5.69 Å². The molecule has 0 radical (unpaired) electrons. The summed E-state index contributed by atoms with van der Waals surface area (Å²) in [4.78, 5) is 7.01. The van der Waals surface area contributed by atoms with Crippen LogP contribution in [0.25, 0.3) is 0 Å². The lowest BCUT2D eigenvalue weighted by atomic mass is 10.1. The van der Waals surface area contributed by atoms with Gasteiger partial charge in [0.05, 0.1) is 17.6 Å². The third kappa shape index (κ3) is 3.80. The summed E-state index contributed by atoms with van der Waals surface area (Å²) in [6.07, 6.45) is 6.64. The van der Waals surface area contributed by atoms with Crippen LogP contribution in [0.5, 0.6) is 0 Å². The molecule has 3 heteroatoms. The van der Waals surface area contributed by atoms with Gasteiger partial charge in [0, 0.05) is 19.1 Å². The minimum Gasteiger partial charge on any atom is -0.366 e. The predicted octanol–water partition coefficient (Wildman–Crippen LogP) is 3.30. The van der Waals surface area contributed by atoms with Gasteiger partial charge in [-0.3, -0.25) is 4.98 Å². The quantitative estimate of drug-likeness (QED) is 0.822. The van der Waals surface area contributed by atoms with Crippen LogP contribution in [-0.4, -0.2) is 24.6 Å². The molecule has 104 valence electrons. The van der Waals surface area contributed by atoms with Crippen LogP contribution >= 0.6 is 0 Å². The first-order valence-corrected chi connectivity index (χ1v) is 7.30. The van der Waals surface area contributed by atoms with Gasteiger partial charge in [-0.15, -0.1) is 0 Å². The Labute approximate surface area is 116 Å². The molecule has 0 bridgehead atoms. The van der Waals surface area contributed by atoms with Crippen molar-refractivity contribution in [3.8, 4) is 0 Å². The standard InChI is InChI=1S/C16H25N3/c1-4-9-17-14(3)16-8-7-15(11-18-16)19-10-5-6-13(2)12-19/h6-8,11,14,17H,4-5,9-10,12H2,1-3H3. The van der Waals surface area contributed by atoms with Gasteiger partial charge in [0.25, 0.3) is 0 Å². The molecule has 19 heavy (non-hydrogen) atoms. The highest BCUT2D eigenvalue weighted by molar-refractivity contribution is 5.47. The van der Waals surface area contributed by atoms with Crippen molar-refractivity contribution in [1.29, 1.82) is 0 Å². The molecule has 0 amide bonds. The number of anilines is 1. The third-order valence-corrected chi connectivity index (χ3v) is 3.61. The molecule has 1 N–H and O–H groups in total. The van der Waals surface area contributed by atoms with Crippen molar-refractivity contribution < 1.29 is 0 Å². The molecule has 1 aliphatic heterocycles. The van der Waals surface area contributed by atoms with Gasteiger partial charge in [-0.1, -0.05) is 18.6 Å². The van der Waals surface area contributed by atoms with Crippen LogP contribution < -0.4 is 10.2 Å². The largest absolute Gasteiger partial charge is 0.366 e. The summed E-state index contributed by atoms with van der Waals surface area (Å²) in [6, 6.07) is 4.68. The molecule has 1 aromatic rings. The normalized spacial score (nSPS) is 17.2. The van der Waals surface area contributed by atoms with E-state index in [0.717, 1.165) is 38.2 Å². The second-order valence-electron chi connectivity index (χ2n) is 5.38. The predicted molar refractivity (Wildman–Crippen MR) is 81.5 cm³/mol. The zero-order valence-electron chi connectivity index (χ0n) is 12.3. The van der Waals surface area contributed by atoms with Gasteiger partial charge in [0.2, 0.25) is 0 Å². The molecule has 0 fully saturated rings. The average Bonchev–Trinajstić information content (AvgIpc) is 2.45. The lowest BCUT2D eigenvalue weighted by Gasteiger charge is -2.28. The van der Waals surface area contributed by atoms with E-state index >= 15 is 0 Å². The molecule has 2 rings (SSSR count). The Bertz CT molecular complexity index is 422. The number of aromatic nitrogens is 1. The van der Waals surface area contributed by atoms with Crippen molar-refractivity contribution in [2.24, 2.45) is 0 Å². The van der Waals surface area contributed by atoms with Gasteiger partial charge in [0.15, 0.2) is 0 Å². The summed E-state index contributed by atoms with van der Waals surface area (Å²) in [6.45, 7) is 9.73. The average molecular weight is 259 g/mol. The smallest absolute Gasteiger partial charge is 0.0572 e. The van der Waals surface area contributed by atoms with E-state index in [-0.39, 0.29) is 0 Å². The summed E-state index contributed by atoms with van der Waals surface area (Å²) in [7, 11) is 0. The van der Waals surface area contributed by atoms with Gasteiger partial charge in [-0.2, -0.15) is 0 Å². The highest BCUT2D eigenvalue weighted by atomic mass is 15.1. The Balaban J connectivity index is 2.00. The molecule has 1 aromatic heterocycles. The van der Waals surface area contributed by atoms with Crippen molar-refractivity contribution >= 4 is 5.69 Å². The van der Waals surface area contributed by atoms with Crippen LogP contribution in [0.2, 0.25) is 0 Å². The van der Waals surface area contributed by atoms with Gasteiger partial charge >= 0.3 is 0 Å². The topological polar surface area (TPSA) is 28.2 Å². The van der Waals surface area contributed by atoms with E-state index in [1.807, 2.05) is 6.20 Å². The SMILES string of the molecule is CCCNC(C)c1ccc(N2CCC=C(C)C2)cn1. The van der Waals surface area contributed by atoms with E-state index in [1.54, 1.807) is 0 Å². The first kappa shape index (κ1) is 14.1. The first-order valence-electron chi connectivity index (χ1n) is 7.30. The molecule has 1 aliphatic rings. The Morgan fingerprint density at radius 1 is 1.42 bits per heavy atom. The zero-order chi connectivity index (χ0) is 13.7. The Kier molecular flexibility index (Phi) is 4.97. The summed E-state index contributed by atoms with van der Waals surface area (Å²) in [5.41, 5.74) is 3.81. The van der Waals surface area contributed by atoms with Gasteiger partial charge in [-0.05, 0) is 45.4 Å². The number of nitrogens with one attached hydrogen (secondary N) is 1. The second-order valence-corrected chi connectivity index (χ2v) is 5.38. The molecule has 0 saturated heterocycles. The Morgan fingerprint density at radius 3 is 2.89 bits per heavy atom. The van der Waals surface area contributed by atoms with Crippen molar-refractivity contribution in [3.05, 3.63) is 35.7 Å². The van der Waals surface area contributed by atoms with E-state index < -0.39 is 0 Å². The molecule has 0 spiro atoms. The fourth-order valence-electron chi connectivity index (χ4n) is 2.44. The minimum absolute atomic E-state index is 0.331. The second kappa shape index (κ2) is 6.71. The molecule has 1 unspecified atom stereocenters. The van der Waals surface area contributed by atoms with E-state index in [2.05, 4.69) is 54.2 Å². The lowest BCUT2D eigenvalue weighted by Crippen LogP contribution is -2.29. The Hall–Kier alpha value is -1.35. The monoisotopic (exact) mass is 259 g/mol. The van der Waals surface area contributed by atoms with Crippen molar-refractivity contribution in [1.82, 2.24) is 10.3 Å². The number of rotatable bonds is 5. The van der Waals surface area contributed by atoms with Crippen LogP contribution in [0.1, 0.15) is 45.3 Å². The number of nitrogens with zero attached hydrogens (tertiary/aromatic N) is 2. The number of hydrogen-bond donors (Lipinski definition) is 1. The van der Waals surface area contributed by atoms with Crippen LogP contribution in [0, 0.1) is 0 Å². The number of hydrogen-bond acceptors (Lipinski definition) is 3. The molecule has 2 heterocycles. The molecule has 1 atom stereocenters.